The first-order valence-corrected chi connectivity index (χ1v) is 3.95. The Hall–Kier alpha value is -0.995. The van der Waals surface area contributed by atoms with Crippen LogP contribution in [0.15, 0.2) is 18.2 Å². The van der Waals surface area contributed by atoms with Crippen molar-refractivity contribution in [2.75, 3.05) is 12.3 Å². The summed E-state index contributed by atoms with van der Waals surface area (Å²) < 4.78 is 5.06. The van der Waals surface area contributed by atoms with E-state index in [1.165, 1.54) is 0 Å². The average Bonchev–Trinajstić information content (AvgIpc) is 2.04. The second kappa shape index (κ2) is 2.81. The maximum Gasteiger partial charge on any atom is 0.491 e. The van der Waals surface area contributed by atoms with Gasteiger partial charge in [0.05, 0.1) is 0 Å². The monoisotopic (exact) mass is 163 g/mol. The maximum atomic E-state index is 9.39. The average molecular weight is 163 g/mol. The van der Waals surface area contributed by atoms with Crippen molar-refractivity contribution < 1.29 is 9.68 Å². The highest BCUT2D eigenvalue weighted by Gasteiger charge is 2.23. The van der Waals surface area contributed by atoms with Crippen LogP contribution in [0.2, 0.25) is 0 Å². The Morgan fingerprint density at radius 1 is 1.50 bits per heavy atom. The van der Waals surface area contributed by atoms with Gasteiger partial charge in [-0.15, -0.1) is 0 Å². The highest BCUT2D eigenvalue weighted by molar-refractivity contribution is 6.60. The van der Waals surface area contributed by atoms with Gasteiger partial charge in [0.1, 0.15) is 0 Å². The Bertz CT molecular complexity index is 303. The van der Waals surface area contributed by atoms with Gasteiger partial charge in [0.25, 0.3) is 0 Å². The van der Waals surface area contributed by atoms with E-state index in [1.54, 1.807) is 6.07 Å². The van der Waals surface area contributed by atoms with E-state index in [0.717, 1.165) is 23.1 Å². The van der Waals surface area contributed by atoms with Gasteiger partial charge in [-0.3, -0.25) is 0 Å². The first-order valence-electron chi connectivity index (χ1n) is 3.95. The lowest BCUT2D eigenvalue weighted by atomic mass is 9.73. The van der Waals surface area contributed by atoms with Crippen molar-refractivity contribution in [3.05, 3.63) is 23.8 Å². The number of benzene rings is 1. The predicted molar refractivity (Wildman–Crippen MR) is 48.1 cm³/mol. The quantitative estimate of drug-likeness (QED) is 0.401. The van der Waals surface area contributed by atoms with Crippen molar-refractivity contribution in [1.82, 2.24) is 0 Å². The summed E-state index contributed by atoms with van der Waals surface area (Å²) in [7, 11) is -0.769. The first kappa shape index (κ1) is 7.64. The number of hydrogen-bond acceptors (Lipinski definition) is 3. The van der Waals surface area contributed by atoms with Crippen LogP contribution in [0.25, 0.3) is 0 Å². The third-order valence-electron chi connectivity index (χ3n) is 2.08. The van der Waals surface area contributed by atoms with E-state index in [1.807, 2.05) is 12.1 Å². The molecule has 0 fully saturated rings. The van der Waals surface area contributed by atoms with Crippen LogP contribution in [-0.2, 0) is 11.1 Å². The van der Waals surface area contributed by atoms with E-state index in [2.05, 4.69) is 0 Å². The van der Waals surface area contributed by atoms with Gasteiger partial charge in [-0.1, -0.05) is 6.07 Å². The molecule has 1 aliphatic rings. The van der Waals surface area contributed by atoms with Gasteiger partial charge in [-0.25, -0.2) is 0 Å². The molecule has 1 aromatic rings. The summed E-state index contributed by atoms with van der Waals surface area (Å²) in [4.78, 5) is 0. The molecule has 0 aliphatic carbocycles. The molecular formula is C8H10BNO2. The topological polar surface area (TPSA) is 55.5 Å². The van der Waals surface area contributed by atoms with Crippen molar-refractivity contribution in [2.24, 2.45) is 0 Å². The minimum Gasteiger partial charge on any atom is -0.423 e. The van der Waals surface area contributed by atoms with Crippen LogP contribution in [0.1, 0.15) is 5.56 Å². The largest absolute Gasteiger partial charge is 0.491 e. The minimum absolute atomic E-state index is 0.567. The third-order valence-corrected chi connectivity index (χ3v) is 2.08. The number of nitrogens with two attached hydrogens (primary N) is 1. The SMILES string of the molecule is Nc1ccc2c(c1)CCOB2O. The molecule has 3 nitrogen and oxygen atoms in total. The van der Waals surface area contributed by atoms with Crippen LogP contribution >= 0.6 is 0 Å². The zero-order valence-electron chi connectivity index (χ0n) is 6.66. The van der Waals surface area contributed by atoms with E-state index in [9.17, 15) is 5.02 Å². The van der Waals surface area contributed by atoms with Crippen LogP contribution in [0, 0.1) is 0 Å². The van der Waals surface area contributed by atoms with Gasteiger partial charge in [0.2, 0.25) is 0 Å². The van der Waals surface area contributed by atoms with E-state index < -0.39 is 7.12 Å². The Morgan fingerprint density at radius 2 is 2.33 bits per heavy atom. The molecule has 1 aliphatic heterocycles. The number of nitrogen functional groups attached to an aromatic ring is 1. The molecule has 0 amide bonds. The molecule has 0 atom stereocenters. The van der Waals surface area contributed by atoms with E-state index in [-0.39, 0.29) is 0 Å². The summed E-state index contributed by atoms with van der Waals surface area (Å²) in [6.45, 7) is 0.567. The fourth-order valence-electron chi connectivity index (χ4n) is 1.45. The van der Waals surface area contributed by atoms with Crippen LogP contribution in [-0.4, -0.2) is 18.7 Å². The van der Waals surface area contributed by atoms with Crippen LogP contribution in [0.4, 0.5) is 5.69 Å². The highest BCUT2D eigenvalue weighted by atomic mass is 16.5. The van der Waals surface area contributed by atoms with Gasteiger partial charge in [-0.05, 0) is 29.6 Å². The molecule has 4 heteroatoms. The van der Waals surface area contributed by atoms with Crippen molar-refractivity contribution >= 4 is 18.3 Å². The molecule has 0 bridgehead atoms. The Labute approximate surface area is 71.3 Å². The Kier molecular flexibility index (Phi) is 1.79. The van der Waals surface area contributed by atoms with Crippen molar-refractivity contribution in [2.45, 2.75) is 6.42 Å². The first-order chi connectivity index (χ1) is 5.77. The van der Waals surface area contributed by atoms with E-state index >= 15 is 0 Å². The highest BCUT2D eigenvalue weighted by Crippen LogP contribution is 2.10. The smallest absolute Gasteiger partial charge is 0.423 e. The Morgan fingerprint density at radius 3 is 3.17 bits per heavy atom. The molecule has 0 spiro atoms. The lowest BCUT2D eigenvalue weighted by molar-refractivity contribution is 0.266. The second-order valence-corrected chi connectivity index (χ2v) is 2.93. The number of rotatable bonds is 0. The van der Waals surface area contributed by atoms with Gasteiger partial charge >= 0.3 is 7.12 Å². The van der Waals surface area contributed by atoms with Crippen molar-refractivity contribution in [1.29, 1.82) is 0 Å². The molecule has 3 N–H and O–H groups in total. The molecule has 1 aromatic carbocycles. The predicted octanol–water partition coefficient (Wildman–Crippen LogP) is -0.471. The standard InChI is InChI=1S/C8H10BNO2/c10-7-1-2-8-6(5-7)3-4-12-9(8)11/h1-2,5,11H,3-4,10H2. The molecule has 0 aromatic heterocycles. The second-order valence-electron chi connectivity index (χ2n) is 2.93. The van der Waals surface area contributed by atoms with Gasteiger partial charge in [-0.2, -0.15) is 0 Å². The summed E-state index contributed by atoms with van der Waals surface area (Å²) >= 11 is 0. The molecule has 2 rings (SSSR count). The van der Waals surface area contributed by atoms with E-state index in [4.69, 9.17) is 10.4 Å². The molecule has 12 heavy (non-hydrogen) atoms. The number of fused-ring (bicyclic) bond motifs is 1. The zero-order chi connectivity index (χ0) is 8.55. The summed E-state index contributed by atoms with van der Waals surface area (Å²) in [5.74, 6) is 0. The van der Waals surface area contributed by atoms with E-state index in [0.29, 0.717) is 6.61 Å². The third kappa shape index (κ3) is 1.19. The Balaban J connectivity index is 2.46. The number of hydrogen-bond donors (Lipinski definition) is 2. The van der Waals surface area contributed by atoms with Crippen LogP contribution < -0.4 is 11.2 Å². The summed E-state index contributed by atoms with van der Waals surface area (Å²) in [5.41, 5.74) is 8.28. The summed E-state index contributed by atoms with van der Waals surface area (Å²) in [6, 6.07) is 5.48. The van der Waals surface area contributed by atoms with Crippen molar-refractivity contribution in [3.8, 4) is 0 Å². The fourth-order valence-corrected chi connectivity index (χ4v) is 1.45. The summed E-state index contributed by atoms with van der Waals surface area (Å²) in [6.07, 6.45) is 0.831. The molecule has 0 saturated heterocycles. The molecular weight excluding hydrogens is 153 g/mol. The molecule has 62 valence electrons. The van der Waals surface area contributed by atoms with Gasteiger partial charge in [0, 0.05) is 12.3 Å². The fraction of sp³-hybridized carbons (Fsp3) is 0.250. The normalized spacial score (nSPS) is 15.9. The molecule has 0 unspecified atom stereocenters. The maximum absolute atomic E-state index is 9.39. The zero-order valence-corrected chi connectivity index (χ0v) is 6.66. The number of anilines is 1. The summed E-state index contributed by atoms with van der Waals surface area (Å²) in [5, 5.41) is 9.39. The lowest BCUT2D eigenvalue weighted by Crippen LogP contribution is -2.41. The molecule has 1 heterocycles. The van der Waals surface area contributed by atoms with Gasteiger partial charge in [0.15, 0.2) is 0 Å². The van der Waals surface area contributed by atoms with Crippen molar-refractivity contribution in [3.63, 3.8) is 0 Å². The molecule has 0 saturated carbocycles. The van der Waals surface area contributed by atoms with Crippen LogP contribution in [0.3, 0.4) is 0 Å². The minimum atomic E-state index is -0.769. The molecule has 0 radical (unpaired) electrons. The lowest BCUT2D eigenvalue weighted by Gasteiger charge is -2.18. The van der Waals surface area contributed by atoms with Crippen LogP contribution in [0.5, 0.6) is 0 Å². The van der Waals surface area contributed by atoms with Gasteiger partial charge < -0.3 is 15.4 Å².